The van der Waals surface area contributed by atoms with Gasteiger partial charge in [-0.25, -0.2) is 0 Å². The van der Waals surface area contributed by atoms with Gasteiger partial charge >= 0.3 is 0 Å². The van der Waals surface area contributed by atoms with Crippen LogP contribution in [0.4, 0.5) is 0 Å². The number of halogens is 4. The highest BCUT2D eigenvalue weighted by atomic mass is 79.9. The van der Waals surface area contributed by atoms with Gasteiger partial charge in [-0.2, -0.15) is 0 Å². The van der Waals surface area contributed by atoms with Crippen molar-refractivity contribution in [2.75, 3.05) is 26.4 Å². The van der Waals surface area contributed by atoms with E-state index in [2.05, 4.69) is 128 Å². The summed E-state index contributed by atoms with van der Waals surface area (Å²) >= 11 is 19.5. The number of rotatable bonds is 24. The molecule has 0 saturated heterocycles. The third-order valence-electron chi connectivity index (χ3n) is 12.0. The summed E-state index contributed by atoms with van der Waals surface area (Å²) in [5, 5.41) is 4.43. The molecule has 0 amide bonds. The van der Waals surface area contributed by atoms with Crippen molar-refractivity contribution in [2.24, 2.45) is 0 Å². The maximum atomic E-state index is 6.62. The van der Waals surface area contributed by atoms with Crippen molar-refractivity contribution in [3.63, 3.8) is 0 Å². The van der Waals surface area contributed by atoms with E-state index in [-0.39, 0.29) is 0 Å². The van der Waals surface area contributed by atoms with E-state index in [0.717, 1.165) is 101 Å². The Morgan fingerprint density at radius 1 is 0.355 bits per heavy atom. The van der Waals surface area contributed by atoms with Crippen LogP contribution in [0.3, 0.4) is 0 Å². The number of ether oxygens (including phenoxy) is 4. The first-order valence-electron chi connectivity index (χ1n) is 23.3. The van der Waals surface area contributed by atoms with Crippen LogP contribution in [-0.4, -0.2) is 26.4 Å². The minimum Gasteiger partial charge on any atom is -0.492 e. The number of hydrogen-bond acceptors (Lipinski definition) is 6. The van der Waals surface area contributed by atoms with E-state index >= 15 is 0 Å². The molecule has 2 aliphatic rings. The van der Waals surface area contributed by atoms with Gasteiger partial charge in [0.1, 0.15) is 23.0 Å². The SMILES string of the molecule is CCCCCCOc1c(Br)c(Br)c(OCCCCCC)c2cc3c(cc12)Cc1cc2c(cc1S3)Cc1cc3c(OCCCCCC)c(Br)c(Br)c(OCCCCCC)c3cc1S2. The van der Waals surface area contributed by atoms with Crippen molar-refractivity contribution < 1.29 is 18.9 Å². The summed E-state index contributed by atoms with van der Waals surface area (Å²) in [5.74, 6) is 3.60. The van der Waals surface area contributed by atoms with Crippen LogP contribution in [0.2, 0.25) is 0 Å². The monoisotopic (exact) mass is 1130 g/mol. The van der Waals surface area contributed by atoms with Gasteiger partial charge in [0.2, 0.25) is 0 Å². The normalized spacial score (nSPS) is 12.9. The zero-order chi connectivity index (χ0) is 43.6. The van der Waals surface area contributed by atoms with Gasteiger partial charge in [0.05, 0.1) is 44.3 Å². The summed E-state index contributed by atoms with van der Waals surface area (Å²) in [6, 6.07) is 14.4. The van der Waals surface area contributed by atoms with Gasteiger partial charge in [0.25, 0.3) is 0 Å². The molecular formula is C52H62Br4O4S2. The van der Waals surface area contributed by atoms with Crippen LogP contribution in [0, 0.1) is 0 Å². The first-order chi connectivity index (χ1) is 30.3. The third-order valence-corrected chi connectivity index (χ3v) is 18.5. The first-order valence-corrected chi connectivity index (χ1v) is 28.1. The van der Waals surface area contributed by atoms with Crippen LogP contribution < -0.4 is 18.9 Å². The second-order valence-electron chi connectivity index (χ2n) is 16.8. The van der Waals surface area contributed by atoms with E-state index in [9.17, 15) is 0 Å². The molecule has 5 aromatic rings. The zero-order valence-corrected chi connectivity index (χ0v) is 45.0. The van der Waals surface area contributed by atoms with Crippen LogP contribution in [0.1, 0.15) is 153 Å². The molecule has 0 bridgehead atoms. The molecule has 4 nitrogen and oxygen atoms in total. The maximum Gasteiger partial charge on any atom is 0.142 e. The molecule has 0 N–H and O–H groups in total. The average molecular weight is 1130 g/mol. The Hall–Kier alpha value is -1.56. The van der Waals surface area contributed by atoms with Gasteiger partial charge in [-0.15, -0.1) is 0 Å². The van der Waals surface area contributed by atoms with Crippen LogP contribution in [0.25, 0.3) is 21.5 Å². The molecule has 0 atom stereocenters. The highest BCUT2D eigenvalue weighted by molar-refractivity contribution is 9.13. The van der Waals surface area contributed by atoms with E-state index in [0.29, 0.717) is 26.4 Å². The van der Waals surface area contributed by atoms with Crippen molar-refractivity contribution in [1.29, 1.82) is 0 Å². The lowest BCUT2D eigenvalue weighted by atomic mass is 9.96. The fourth-order valence-electron chi connectivity index (χ4n) is 8.47. The topological polar surface area (TPSA) is 36.9 Å². The number of benzene rings is 5. The Bertz CT molecular complexity index is 2030. The molecular weight excluding hydrogens is 1070 g/mol. The van der Waals surface area contributed by atoms with Gasteiger partial charge in [-0.1, -0.05) is 128 Å². The van der Waals surface area contributed by atoms with Crippen LogP contribution in [-0.2, 0) is 12.8 Å². The second-order valence-corrected chi connectivity index (χ2v) is 22.2. The summed E-state index contributed by atoms with van der Waals surface area (Å²) in [6.45, 7) is 11.8. The van der Waals surface area contributed by atoms with Crippen molar-refractivity contribution in [1.82, 2.24) is 0 Å². The first kappa shape index (κ1) is 48.4. The molecule has 0 aromatic heterocycles. The van der Waals surface area contributed by atoms with E-state index in [1.165, 1.54) is 119 Å². The van der Waals surface area contributed by atoms with Crippen molar-refractivity contribution in [3.05, 3.63) is 76.5 Å². The molecule has 2 aliphatic heterocycles. The van der Waals surface area contributed by atoms with E-state index in [4.69, 9.17) is 18.9 Å². The van der Waals surface area contributed by atoms with Crippen LogP contribution in [0.15, 0.2) is 73.9 Å². The quantitative estimate of drug-likeness (QED) is 0.0562. The predicted molar refractivity (Wildman–Crippen MR) is 278 cm³/mol. The Labute approximate surface area is 413 Å². The van der Waals surface area contributed by atoms with Crippen LogP contribution in [0.5, 0.6) is 23.0 Å². The molecule has 7 rings (SSSR count). The number of unbranched alkanes of at least 4 members (excludes halogenated alkanes) is 12. The molecule has 0 saturated carbocycles. The molecule has 0 unspecified atom stereocenters. The zero-order valence-electron chi connectivity index (χ0n) is 37.0. The second kappa shape index (κ2) is 23.8. The molecule has 5 aromatic carbocycles. The van der Waals surface area contributed by atoms with Crippen molar-refractivity contribution in [3.8, 4) is 23.0 Å². The summed E-state index contributed by atoms with van der Waals surface area (Å²) in [6.07, 6.45) is 20.4. The Morgan fingerprint density at radius 3 is 0.903 bits per heavy atom. The van der Waals surface area contributed by atoms with Gasteiger partial charge in [0.15, 0.2) is 0 Å². The molecule has 334 valence electrons. The lowest BCUT2D eigenvalue weighted by molar-refractivity contribution is 0.299. The molecule has 62 heavy (non-hydrogen) atoms. The third kappa shape index (κ3) is 11.3. The fourth-order valence-corrected chi connectivity index (χ4v) is 12.8. The number of fused-ring (bicyclic) bond motifs is 6. The predicted octanol–water partition coefficient (Wildman–Crippen LogP) is 19.0. The number of hydrogen-bond donors (Lipinski definition) is 0. The molecule has 0 fully saturated rings. The van der Waals surface area contributed by atoms with Crippen LogP contribution >= 0.6 is 87.2 Å². The Kier molecular flexibility index (Phi) is 18.5. The lowest BCUT2D eigenvalue weighted by Crippen LogP contribution is -2.07. The van der Waals surface area contributed by atoms with E-state index in [1.54, 1.807) is 0 Å². The van der Waals surface area contributed by atoms with Crippen molar-refractivity contribution >= 4 is 109 Å². The average Bonchev–Trinajstić information content (AvgIpc) is 3.27. The largest absolute Gasteiger partial charge is 0.492 e. The van der Waals surface area contributed by atoms with Gasteiger partial charge in [0, 0.05) is 41.1 Å². The van der Waals surface area contributed by atoms with Gasteiger partial charge in [-0.3, -0.25) is 0 Å². The molecule has 0 aliphatic carbocycles. The highest BCUT2D eigenvalue weighted by Gasteiger charge is 2.28. The smallest absolute Gasteiger partial charge is 0.142 e. The van der Waals surface area contributed by atoms with Gasteiger partial charge in [-0.05, 0) is 161 Å². The maximum absolute atomic E-state index is 6.62. The molecule has 10 heteroatoms. The van der Waals surface area contributed by atoms with Gasteiger partial charge < -0.3 is 18.9 Å². The van der Waals surface area contributed by atoms with Crippen molar-refractivity contribution in [2.45, 2.75) is 163 Å². The standard InChI is InChI=1S/C52H62Br4O4S2/c1-5-9-13-17-21-57-49-37-27-33-25-35-29-42-36(30-41(35)61-43(33)31-39(37)51(47(55)45(49)53)59-23-19-15-11-7-3)26-34-28-38-40(32-44(34)62-42)52(60-24-20-16-12-8-4)48(56)46(54)50(38)58-22-18-14-10-6-2/h27-32H,5-26H2,1-4H3. The fraction of sp³-hybridized carbons (Fsp3) is 0.500. The molecule has 0 radical (unpaired) electrons. The molecule has 2 heterocycles. The summed E-state index contributed by atoms with van der Waals surface area (Å²) in [7, 11) is 0. The Balaban J connectivity index is 1.21. The summed E-state index contributed by atoms with van der Waals surface area (Å²) in [4.78, 5) is 5.26. The summed E-state index contributed by atoms with van der Waals surface area (Å²) in [5.41, 5.74) is 5.42. The minimum absolute atomic E-state index is 0.694. The van der Waals surface area contributed by atoms with E-state index < -0.39 is 0 Å². The minimum atomic E-state index is 0.694. The molecule has 0 spiro atoms. The lowest BCUT2D eigenvalue weighted by Gasteiger charge is -2.27. The highest BCUT2D eigenvalue weighted by Crippen LogP contribution is 2.54. The summed E-state index contributed by atoms with van der Waals surface area (Å²) < 4.78 is 30.2. The Morgan fingerprint density at radius 2 is 0.613 bits per heavy atom. The van der Waals surface area contributed by atoms with E-state index in [1.807, 2.05) is 23.5 Å².